The van der Waals surface area contributed by atoms with Crippen molar-refractivity contribution in [2.24, 2.45) is 5.92 Å². The summed E-state index contributed by atoms with van der Waals surface area (Å²) in [4.78, 5) is 26.8. The molecule has 4 heteroatoms. The molecule has 2 amide bonds. The first-order valence-corrected chi connectivity index (χ1v) is 8.94. The highest BCUT2D eigenvalue weighted by molar-refractivity contribution is 6.07. The molecule has 3 aliphatic rings. The summed E-state index contributed by atoms with van der Waals surface area (Å²) in [7, 11) is 0. The van der Waals surface area contributed by atoms with E-state index in [2.05, 4.69) is 11.4 Å². The molecule has 0 radical (unpaired) electrons. The largest absolute Gasteiger partial charge is 0.326 e. The van der Waals surface area contributed by atoms with E-state index >= 15 is 0 Å². The highest BCUT2D eigenvalue weighted by Crippen LogP contribution is 2.44. The molecule has 1 N–H and O–H groups in total. The molecular weight excluding hydrogens is 288 g/mol. The van der Waals surface area contributed by atoms with Gasteiger partial charge in [-0.1, -0.05) is 19.3 Å². The van der Waals surface area contributed by atoms with Gasteiger partial charge in [0.05, 0.1) is 11.6 Å². The summed E-state index contributed by atoms with van der Waals surface area (Å²) in [5.74, 6) is 0.426. The van der Waals surface area contributed by atoms with Gasteiger partial charge in [0.15, 0.2) is 0 Å². The Labute approximate surface area is 137 Å². The average molecular weight is 312 g/mol. The maximum atomic E-state index is 12.5. The monoisotopic (exact) mass is 312 g/mol. The molecule has 122 valence electrons. The third kappa shape index (κ3) is 2.44. The van der Waals surface area contributed by atoms with Crippen molar-refractivity contribution in [2.75, 3.05) is 16.8 Å². The molecule has 0 bridgehead atoms. The minimum Gasteiger partial charge on any atom is -0.326 e. The highest BCUT2D eigenvalue weighted by Gasteiger charge is 2.38. The van der Waals surface area contributed by atoms with Gasteiger partial charge in [-0.3, -0.25) is 9.59 Å². The van der Waals surface area contributed by atoms with Crippen LogP contribution in [-0.2, 0) is 16.0 Å². The van der Waals surface area contributed by atoms with Crippen LogP contribution in [-0.4, -0.2) is 18.4 Å². The van der Waals surface area contributed by atoms with E-state index in [0.717, 1.165) is 62.0 Å². The number of carbonyl (C=O) groups excluding carboxylic acids is 2. The smallest absolute Gasteiger partial charge is 0.234 e. The van der Waals surface area contributed by atoms with Gasteiger partial charge in [0.2, 0.25) is 11.8 Å². The van der Waals surface area contributed by atoms with Gasteiger partial charge in [-0.25, -0.2) is 0 Å². The Hall–Kier alpha value is -1.84. The van der Waals surface area contributed by atoms with E-state index in [1.54, 1.807) is 0 Å². The first-order chi connectivity index (χ1) is 11.1. The van der Waals surface area contributed by atoms with Crippen molar-refractivity contribution in [2.45, 2.75) is 57.8 Å². The molecule has 1 atom stereocenters. The molecule has 23 heavy (non-hydrogen) atoms. The Morgan fingerprint density at radius 1 is 1.17 bits per heavy atom. The van der Waals surface area contributed by atoms with Crippen LogP contribution in [0.2, 0.25) is 0 Å². The molecule has 1 aliphatic carbocycles. The summed E-state index contributed by atoms with van der Waals surface area (Å²) in [6, 6.07) is 4.10. The molecule has 4 nitrogen and oxygen atoms in total. The fourth-order valence-electron chi connectivity index (χ4n) is 4.38. The number of anilines is 2. The van der Waals surface area contributed by atoms with Crippen LogP contribution >= 0.6 is 0 Å². The van der Waals surface area contributed by atoms with E-state index in [-0.39, 0.29) is 23.7 Å². The van der Waals surface area contributed by atoms with Crippen LogP contribution in [0.15, 0.2) is 12.1 Å². The summed E-state index contributed by atoms with van der Waals surface area (Å²) in [5.41, 5.74) is 4.29. The summed E-state index contributed by atoms with van der Waals surface area (Å²) in [5, 5.41) is 3.12. The Morgan fingerprint density at radius 2 is 1.96 bits per heavy atom. The molecule has 2 aliphatic heterocycles. The Bertz CT molecular complexity index is 662. The lowest BCUT2D eigenvalue weighted by molar-refractivity contribution is -0.121. The van der Waals surface area contributed by atoms with Gasteiger partial charge in [-0.15, -0.1) is 0 Å². The standard InChI is InChI=1S/C19H24N2O2/c1-12-16-11-15(20-18(22)13-6-3-2-4-7-13)10-14-8-5-9-21(17(14)16)19(12)23/h10-13H,2-9H2,1H3,(H,20,22)/t12-/m0/s1. The van der Waals surface area contributed by atoms with Crippen LogP contribution in [0.5, 0.6) is 0 Å². The molecule has 4 rings (SSSR count). The van der Waals surface area contributed by atoms with Gasteiger partial charge in [0, 0.05) is 18.2 Å². The van der Waals surface area contributed by atoms with E-state index in [9.17, 15) is 9.59 Å². The number of nitrogens with zero attached hydrogens (tertiary/aromatic N) is 1. The number of nitrogens with one attached hydrogen (secondary N) is 1. The summed E-state index contributed by atoms with van der Waals surface area (Å²) < 4.78 is 0. The van der Waals surface area contributed by atoms with Crippen molar-refractivity contribution in [1.29, 1.82) is 0 Å². The number of benzene rings is 1. The maximum absolute atomic E-state index is 12.5. The lowest BCUT2D eigenvalue weighted by atomic mass is 9.88. The van der Waals surface area contributed by atoms with Gasteiger partial charge in [-0.05, 0) is 55.9 Å². The van der Waals surface area contributed by atoms with Gasteiger partial charge in [-0.2, -0.15) is 0 Å². The molecule has 0 spiro atoms. The van der Waals surface area contributed by atoms with E-state index in [1.807, 2.05) is 17.9 Å². The topological polar surface area (TPSA) is 49.4 Å². The quantitative estimate of drug-likeness (QED) is 0.907. The molecule has 0 aromatic heterocycles. The lowest BCUT2D eigenvalue weighted by Crippen LogP contribution is -2.32. The van der Waals surface area contributed by atoms with Gasteiger partial charge in [0.1, 0.15) is 0 Å². The number of rotatable bonds is 2. The zero-order valence-corrected chi connectivity index (χ0v) is 13.7. The van der Waals surface area contributed by atoms with Crippen molar-refractivity contribution in [3.63, 3.8) is 0 Å². The molecule has 1 aromatic carbocycles. The third-order valence-electron chi connectivity index (χ3n) is 5.66. The number of amides is 2. The van der Waals surface area contributed by atoms with E-state index in [4.69, 9.17) is 0 Å². The van der Waals surface area contributed by atoms with Crippen LogP contribution in [0, 0.1) is 5.92 Å². The van der Waals surface area contributed by atoms with E-state index in [1.165, 1.54) is 12.0 Å². The van der Waals surface area contributed by atoms with Crippen LogP contribution in [0.1, 0.15) is 62.5 Å². The molecule has 0 saturated heterocycles. The molecular formula is C19H24N2O2. The fraction of sp³-hybridized carbons (Fsp3) is 0.579. The maximum Gasteiger partial charge on any atom is 0.234 e. The van der Waals surface area contributed by atoms with Gasteiger partial charge in [0.25, 0.3) is 0 Å². The van der Waals surface area contributed by atoms with Gasteiger partial charge >= 0.3 is 0 Å². The van der Waals surface area contributed by atoms with E-state index in [0.29, 0.717) is 0 Å². The second-order valence-corrected chi connectivity index (χ2v) is 7.21. The van der Waals surface area contributed by atoms with Crippen LogP contribution in [0.4, 0.5) is 11.4 Å². The van der Waals surface area contributed by atoms with Crippen molar-refractivity contribution in [3.8, 4) is 0 Å². The highest BCUT2D eigenvalue weighted by atomic mass is 16.2. The van der Waals surface area contributed by atoms with Crippen molar-refractivity contribution < 1.29 is 9.59 Å². The number of hydrogen-bond acceptors (Lipinski definition) is 2. The fourth-order valence-corrected chi connectivity index (χ4v) is 4.38. The predicted molar refractivity (Wildman–Crippen MR) is 90.7 cm³/mol. The van der Waals surface area contributed by atoms with Crippen LogP contribution in [0.25, 0.3) is 0 Å². The van der Waals surface area contributed by atoms with Gasteiger partial charge < -0.3 is 10.2 Å². The Kier molecular flexibility index (Phi) is 3.63. The summed E-state index contributed by atoms with van der Waals surface area (Å²) in [6.07, 6.45) is 7.58. The minimum atomic E-state index is -0.0895. The van der Waals surface area contributed by atoms with Crippen LogP contribution in [0.3, 0.4) is 0 Å². The number of carbonyl (C=O) groups is 2. The first-order valence-electron chi connectivity index (χ1n) is 8.94. The molecule has 0 unspecified atom stereocenters. The lowest BCUT2D eigenvalue weighted by Gasteiger charge is -2.26. The van der Waals surface area contributed by atoms with Crippen LogP contribution < -0.4 is 10.2 Å². The van der Waals surface area contributed by atoms with Crippen molar-refractivity contribution in [1.82, 2.24) is 0 Å². The first kappa shape index (κ1) is 14.7. The third-order valence-corrected chi connectivity index (χ3v) is 5.66. The second kappa shape index (κ2) is 5.66. The predicted octanol–water partition coefficient (Wildman–Crippen LogP) is 3.60. The zero-order chi connectivity index (χ0) is 16.0. The molecule has 1 saturated carbocycles. The molecule has 2 heterocycles. The summed E-state index contributed by atoms with van der Waals surface area (Å²) >= 11 is 0. The normalized spacial score (nSPS) is 23.8. The Balaban J connectivity index is 1.61. The molecule has 1 fully saturated rings. The second-order valence-electron chi connectivity index (χ2n) is 7.21. The summed E-state index contributed by atoms with van der Waals surface area (Å²) in [6.45, 7) is 2.81. The average Bonchev–Trinajstić information content (AvgIpc) is 2.82. The zero-order valence-electron chi connectivity index (χ0n) is 13.7. The number of hydrogen-bond donors (Lipinski definition) is 1. The Morgan fingerprint density at radius 3 is 2.74 bits per heavy atom. The molecule has 1 aromatic rings. The minimum absolute atomic E-state index is 0.0895. The SMILES string of the molecule is C[C@@H]1C(=O)N2CCCc3cc(NC(=O)C4CCCCC4)cc1c32. The van der Waals surface area contributed by atoms with Crippen molar-refractivity contribution in [3.05, 3.63) is 23.3 Å². The number of aryl methyl sites for hydroxylation is 1. The van der Waals surface area contributed by atoms with Crippen molar-refractivity contribution >= 4 is 23.2 Å². The van der Waals surface area contributed by atoms with E-state index < -0.39 is 0 Å².